The summed E-state index contributed by atoms with van der Waals surface area (Å²) in [6.07, 6.45) is 1.25. The molecule has 0 fully saturated rings. The van der Waals surface area contributed by atoms with Gasteiger partial charge in [-0.2, -0.15) is 4.98 Å². The number of hydrogen-bond donors (Lipinski definition) is 3. The molecule has 0 aliphatic heterocycles. The molecule has 2 aromatic heterocycles. The Morgan fingerprint density at radius 3 is 2.48 bits per heavy atom. The van der Waals surface area contributed by atoms with E-state index < -0.39 is 21.0 Å². The van der Waals surface area contributed by atoms with Crippen molar-refractivity contribution in [2.24, 2.45) is 0 Å². The maximum Gasteiger partial charge on any atom is 0.297 e. The standard InChI is InChI=1S/C28H31ClN6O6S/c1-15(2)40-24-11-17(5)18(23-13-22(34-41-23)27(36)35-39-6)12-21(24)32-28-30-14-19(29)26(33-28)31-20-9-7-8-10-25(20)42(37,38)16(3)4/h7-16H,1-6H3,(H,35,36)(H2,30,31,32,33). The molecular weight excluding hydrogens is 584 g/mol. The molecule has 0 saturated heterocycles. The number of carbonyl (C=O) groups excluding carboxylic acids is 1. The quantitative estimate of drug-likeness (QED) is 0.174. The Bertz CT molecular complexity index is 1710. The molecule has 42 heavy (non-hydrogen) atoms. The predicted octanol–water partition coefficient (Wildman–Crippen LogP) is 5.84. The molecule has 0 unspecified atom stereocenters. The van der Waals surface area contributed by atoms with Crippen LogP contribution in [0.25, 0.3) is 11.3 Å². The number of aromatic nitrogens is 3. The third kappa shape index (κ3) is 6.81. The number of hydrogen-bond acceptors (Lipinski definition) is 11. The van der Waals surface area contributed by atoms with Crippen LogP contribution in [0.5, 0.6) is 5.75 Å². The molecule has 4 rings (SSSR count). The molecule has 0 saturated carbocycles. The van der Waals surface area contributed by atoms with Gasteiger partial charge in [0.05, 0.1) is 40.9 Å². The van der Waals surface area contributed by atoms with Gasteiger partial charge in [-0.15, -0.1) is 0 Å². The van der Waals surface area contributed by atoms with Crippen molar-refractivity contribution in [3.8, 4) is 17.1 Å². The zero-order valence-electron chi connectivity index (χ0n) is 23.9. The molecule has 0 bridgehead atoms. The van der Waals surface area contributed by atoms with Gasteiger partial charge in [0.2, 0.25) is 5.95 Å². The van der Waals surface area contributed by atoms with Gasteiger partial charge in [-0.1, -0.05) is 28.9 Å². The minimum Gasteiger partial charge on any atom is -0.489 e. The van der Waals surface area contributed by atoms with E-state index in [-0.39, 0.29) is 33.5 Å². The van der Waals surface area contributed by atoms with Crippen LogP contribution in [0.4, 0.5) is 23.1 Å². The minimum atomic E-state index is -3.59. The summed E-state index contributed by atoms with van der Waals surface area (Å²) in [6, 6.07) is 11.6. The average molecular weight is 615 g/mol. The van der Waals surface area contributed by atoms with E-state index >= 15 is 0 Å². The lowest BCUT2D eigenvalue weighted by Gasteiger charge is -2.18. The van der Waals surface area contributed by atoms with Gasteiger partial charge >= 0.3 is 0 Å². The van der Waals surface area contributed by atoms with Crippen molar-refractivity contribution in [1.82, 2.24) is 20.6 Å². The number of anilines is 4. The monoisotopic (exact) mass is 614 g/mol. The number of sulfone groups is 1. The largest absolute Gasteiger partial charge is 0.489 e. The maximum absolute atomic E-state index is 12.9. The summed E-state index contributed by atoms with van der Waals surface area (Å²) >= 11 is 6.40. The molecule has 14 heteroatoms. The Morgan fingerprint density at radius 2 is 1.79 bits per heavy atom. The highest BCUT2D eigenvalue weighted by atomic mass is 35.5. The molecular formula is C28H31ClN6O6S. The predicted molar refractivity (Wildman–Crippen MR) is 159 cm³/mol. The van der Waals surface area contributed by atoms with E-state index in [0.29, 0.717) is 28.4 Å². The topological polar surface area (TPSA) is 158 Å². The third-order valence-electron chi connectivity index (χ3n) is 5.95. The number of aryl methyl sites for hydroxylation is 1. The number of benzene rings is 2. The van der Waals surface area contributed by atoms with Crippen LogP contribution < -0.4 is 20.9 Å². The van der Waals surface area contributed by atoms with E-state index in [1.807, 2.05) is 26.8 Å². The molecule has 0 aliphatic rings. The van der Waals surface area contributed by atoms with Gasteiger partial charge in [-0.3, -0.25) is 9.63 Å². The normalized spacial score (nSPS) is 11.5. The molecule has 0 aliphatic carbocycles. The van der Waals surface area contributed by atoms with Crippen molar-refractivity contribution in [2.75, 3.05) is 17.7 Å². The first kappa shape index (κ1) is 30.8. The zero-order valence-corrected chi connectivity index (χ0v) is 25.4. The second kappa shape index (κ2) is 12.8. The molecule has 222 valence electrons. The summed E-state index contributed by atoms with van der Waals surface area (Å²) in [5, 5.41) is 9.58. The van der Waals surface area contributed by atoms with Crippen molar-refractivity contribution >= 4 is 50.5 Å². The first-order chi connectivity index (χ1) is 19.9. The van der Waals surface area contributed by atoms with Crippen LogP contribution in [0, 0.1) is 6.92 Å². The van der Waals surface area contributed by atoms with Crippen molar-refractivity contribution in [2.45, 2.75) is 50.9 Å². The van der Waals surface area contributed by atoms with Crippen LogP contribution in [0.3, 0.4) is 0 Å². The summed E-state index contributed by atoms with van der Waals surface area (Å²) < 4.78 is 37.3. The fourth-order valence-electron chi connectivity index (χ4n) is 3.89. The Morgan fingerprint density at radius 1 is 1.05 bits per heavy atom. The van der Waals surface area contributed by atoms with E-state index in [1.165, 1.54) is 25.4 Å². The molecule has 3 N–H and O–H groups in total. The fourth-order valence-corrected chi connectivity index (χ4v) is 5.23. The highest BCUT2D eigenvalue weighted by molar-refractivity contribution is 7.92. The van der Waals surface area contributed by atoms with Crippen LogP contribution in [0.2, 0.25) is 5.02 Å². The lowest BCUT2D eigenvalue weighted by Crippen LogP contribution is -2.21. The van der Waals surface area contributed by atoms with Gasteiger partial charge in [0.1, 0.15) is 10.8 Å². The van der Waals surface area contributed by atoms with Gasteiger partial charge in [0.15, 0.2) is 27.1 Å². The van der Waals surface area contributed by atoms with Crippen molar-refractivity contribution in [1.29, 1.82) is 0 Å². The Kier molecular flexibility index (Phi) is 9.34. The lowest BCUT2D eigenvalue weighted by molar-refractivity contribution is 0.0528. The van der Waals surface area contributed by atoms with Crippen LogP contribution in [-0.2, 0) is 14.7 Å². The van der Waals surface area contributed by atoms with Crippen LogP contribution in [0.15, 0.2) is 58.1 Å². The number of ether oxygens (including phenoxy) is 1. The van der Waals surface area contributed by atoms with Crippen LogP contribution in [-0.4, -0.2) is 47.9 Å². The highest BCUT2D eigenvalue weighted by Gasteiger charge is 2.23. The summed E-state index contributed by atoms with van der Waals surface area (Å²) in [7, 11) is -2.27. The maximum atomic E-state index is 12.9. The zero-order chi connectivity index (χ0) is 30.6. The first-order valence-electron chi connectivity index (χ1n) is 12.9. The number of rotatable bonds is 11. The molecule has 0 atom stereocenters. The smallest absolute Gasteiger partial charge is 0.297 e. The van der Waals surface area contributed by atoms with Crippen molar-refractivity contribution in [3.05, 3.63) is 64.9 Å². The van der Waals surface area contributed by atoms with Crippen molar-refractivity contribution < 1.29 is 27.3 Å². The Labute approximate surface area is 248 Å². The molecule has 4 aromatic rings. The molecule has 1 amide bonds. The third-order valence-corrected chi connectivity index (χ3v) is 8.44. The number of halogens is 1. The first-order valence-corrected chi connectivity index (χ1v) is 14.8. The second-order valence-corrected chi connectivity index (χ2v) is 12.7. The van der Waals surface area contributed by atoms with Crippen LogP contribution in [0.1, 0.15) is 43.7 Å². The summed E-state index contributed by atoms with van der Waals surface area (Å²) in [5.74, 6) is 0.663. The summed E-state index contributed by atoms with van der Waals surface area (Å²) in [4.78, 5) is 25.7. The minimum absolute atomic E-state index is 0.0415. The highest BCUT2D eigenvalue weighted by Crippen LogP contribution is 2.37. The number of nitrogens with one attached hydrogen (secondary N) is 3. The number of para-hydroxylation sites is 1. The van der Waals surface area contributed by atoms with Gasteiger partial charge in [0.25, 0.3) is 5.91 Å². The van der Waals surface area contributed by atoms with E-state index in [0.717, 1.165) is 5.56 Å². The average Bonchev–Trinajstić information content (AvgIpc) is 3.42. The lowest BCUT2D eigenvalue weighted by atomic mass is 10.0. The number of amides is 1. The van der Waals surface area contributed by atoms with E-state index in [9.17, 15) is 13.2 Å². The number of hydroxylamine groups is 1. The SMILES string of the molecule is CONC(=O)c1cc(-c2cc(Nc3ncc(Cl)c(Nc4ccccc4S(=O)(=O)C(C)C)n3)c(OC(C)C)cc2C)on1. The van der Waals surface area contributed by atoms with Gasteiger partial charge in [0, 0.05) is 11.6 Å². The molecule has 2 heterocycles. The number of carbonyl (C=O) groups is 1. The molecule has 12 nitrogen and oxygen atoms in total. The second-order valence-electron chi connectivity index (χ2n) is 9.77. The van der Waals surface area contributed by atoms with Gasteiger partial charge in [-0.05, 0) is 64.4 Å². The Hall–Kier alpha value is -4.20. The van der Waals surface area contributed by atoms with Crippen molar-refractivity contribution in [3.63, 3.8) is 0 Å². The van der Waals surface area contributed by atoms with E-state index in [4.69, 9.17) is 20.9 Å². The summed E-state index contributed by atoms with van der Waals surface area (Å²) in [5.41, 5.74) is 4.51. The van der Waals surface area contributed by atoms with E-state index in [1.54, 1.807) is 38.1 Å². The van der Waals surface area contributed by atoms with Gasteiger partial charge in [-0.25, -0.2) is 18.9 Å². The van der Waals surface area contributed by atoms with Gasteiger partial charge < -0.3 is 19.9 Å². The summed E-state index contributed by atoms with van der Waals surface area (Å²) in [6.45, 7) is 8.90. The number of nitrogens with zero attached hydrogens (tertiary/aromatic N) is 3. The molecule has 0 spiro atoms. The molecule has 2 aromatic carbocycles. The Balaban J connectivity index is 1.71. The van der Waals surface area contributed by atoms with E-state index in [2.05, 4.69) is 36.1 Å². The molecule has 0 radical (unpaired) electrons. The van der Waals surface area contributed by atoms with Crippen LogP contribution >= 0.6 is 11.6 Å². The fraction of sp³-hybridized carbons (Fsp3) is 0.286.